The van der Waals surface area contributed by atoms with Gasteiger partial charge in [-0.25, -0.2) is 9.37 Å². The van der Waals surface area contributed by atoms with Crippen molar-refractivity contribution in [2.24, 2.45) is 5.16 Å². The fraction of sp³-hybridized carbons (Fsp3) is 0. The molecule has 0 saturated carbocycles. The van der Waals surface area contributed by atoms with Gasteiger partial charge in [-0.2, -0.15) is 0 Å². The van der Waals surface area contributed by atoms with E-state index >= 15 is 0 Å². The van der Waals surface area contributed by atoms with E-state index in [9.17, 15) is 4.39 Å². The van der Waals surface area contributed by atoms with E-state index in [-0.39, 0.29) is 5.69 Å². The van der Waals surface area contributed by atoms with E-state index in [1.54, 1.807) is 24.5 Å². The van der Waals surface area contributed by atoms with Crippen LogP contribution in [0.5, 0.6) is 0 Å². The lowest BCUT2D eigenvalue weighted by atomic mass is 10.2. The Hall–Kier alpha value is -2.74. The number of halogens is 1. The predicted molar refractivity (Wildman–Crippen MR) is 63.8 cm³/mol. The molecular weight excluding hydrogens is 233 g/mol. The lowest BCUT2D eigenvalue weighted by Crippen LogP contribution is -1.95. The van der Waals surface area contributed by atoms with Crippen LogP contribution in [-0.2, 0) is 0 Å². The van der Waals surface area contributed by atoms with Crippen LogP contribution in [0.4, 0.5) is 4.39 Å². The van der Waals surface area contributed by atoms with Gasteiger partial charge >= 0.3 is 0 Å². The van der Waals surface area contributed by atoms with Gasteiger partial charge in [-0.1, -0.05) is 11.1 Å². The van der Waals surface area contributed by atoms with E-state index in [1.165, 1.54) is 12.1 Å². The molecule has 5 heteroatoms. The molecule has 2 rings (SSSR count). The van der Waals surface area contributed by atoms with Crippen molar-refractivity contribution in [1.29, 1.82) is 0 Å². The monoisotopic (exact) mass is 241 g/mol. The zero-order valence-corrected chi connectivity index (χ0v) is 9.21. The number of oxime groups is 1. The first-order valence-corrected chi connectivity index (χ1v) is 5.05. The second-order valence-corrected chi connectivity index (χ2v) is 3.30. The molecule has 2 aromatic heterocycles. The molecule has 2 aromatic rings. The zero-order valence-electron chi connectivity index (χ0n) is 9.21. The molecule has 0 aliphatic heterocycles. The third kappa shape index (κ3) is 2.89. The highest BCUT2D eigenvalue weighted by Gasteiger charge is 2.01. The van der Waals surface area contributed by atoms with Gasteiger partial charge in [-0.15, -0.1) is 0 Å². The van der Waals surface area contributed by atoms with Gasteiger partial charge in [0.25, 0.3) is 0 Å². The van der Waals surface area contributed by atoms with Crippen molar-refractivity contribution in [1.82, 2.24) is 9.97 Å². The molecule has 0 aromatic carbocycles. The van der Waals surface area contributed by atoms with Crippen molar-refractivity contribution < 1.29 is 9.60 Å². The second-order valence-electron chi connectivity index (χ2n) is 3.30. The summed E-state index contributed by atoms with van der Waals surface area (Å²) < 4.78 is 13.2. The van der Waals surface area contributed by atoms with E-state index in [1.807, 2.05) is 0 Å². The summed E-state index contributed by atoms with van der Waals surface area (Å²) in [4.78, 5) is 7.82. The average Bonchev–Trinajstić information content (AvgIpc) is 2.41. The molecule has 0 atom stereocenters. The van der Waals surface area contributed by atoms with Gasteiger partial charge in [0, 0.05) is 18.0 Å². The van der Waals surface area contributed by atoms with Crippen molar-refractivity contribution in [2.45, 2.75) is 0 Å². The number of aromatic nitrogens is 2. The van der Waals surface area contributed by atoms with Crippen molar-refractivity contribution >= 4 is 6.21 Å². The molecule has 88 valence electrons. The van der Waals surface area contributed by atoms with Crippen LogP contribution >= 0.6 is 0 Å². The first-order chi connectivity index (χ1) is 8.79. The summed E-state index contributed by atoms with van der Waals surface area (Å²) in [6, 6.07) is 6.25. The zero-order chi connectivity index (χ0) is 12.8. The molecule has 0 bridgehead atoms. The third-order valence-electron chi connectivity index (χ3n) is 2.05. The largest absolute Gasteiger partial charge is 0.411 e. The summed E-state index contributed by atoms with van der Waals surface area (Å²) >= 11 is 0. The van der Waals surface area contributed by atoms with Crippen molar-refractivity contribution in [3.8, 4) is 11.8 Å². The summed E-state index contributed by atoms with van der Waals surface area (Å²) in [5, 5.41) is 11.1. The van der Waals surface area contributed by atoms with Gasteiger partial charge in [-0.05, 0) is 30.2 Å². The fourth-order valence-corrected chi connectivity index (χ4v) is 1.25. The van der Waals surface area contributed by atoms with Crippen LogP contribution in [0.2, 0.25) is 0 Å². The summed E-state index contributed by atoms with van der Waals surface area (Å²) in [7, 11) is 0. The van der Waals surface area contributed by atoms with Crippen molar-refractivity contribution in [3.05, 3.63) is 59.4 Å². The molecule has 18 heavy (non-hydrogen) atoms. The Kier molecular flexibility index (Phi) is 3.62. The summed E-state index contributed by atoms with van der Waals surface area (Å²) in [5.74, 6) is 5.05. The molecule has 0 spiro atoms. The molecule has 0 fully saturated rings. The SMILES string of the molecule is O/N=C\c1nc(C#Cc2cccnc2)ccc1F. The van der Waals surface area contributed by atoms with Gasteiger partial charge in [0.15, 0.2) is 5.82 Å². The molecule has 0 amide bonds. The van der Waals surface area contributed by atoms with Gasteiger partial charge in [0.05, 0.1) is 6.21 Å². The topological polar surface area (TPSA) is 58.4 Å². The van der Waals surface area contributed by atoms with Crippen LogP contribution in [0.25, 0.3) is 0 Å². The standard InChI is InChI=1S/C13H8FN3O/c14-12-6-5-11(17-13(12)9-16-18)4-3-10-2-1-7-15-8-10/h1-2,5-9,18H/b16-9-. The lowest BCUT2D eigenvalue weighted by Gasteiger charge is -1.95. The van der Waals surface area contributed by atoms with Crippen LogP contribution < -0.4 is 0 Å². The second kappa shape index (κ2) is 5.55. The molecule has 0 unspecified atom stereocenters. The molecule has 1 N–H and O–H groups in total. The van der Waals surface area contributed by atoms with Crippen LogP contribution in [0, 0.1) is 17.7 Å². The number of pyridine rings is 2. The smallest absolute Gasteiger partial charge is 0.150 e. The Morgan fingerprint density at radius 2 is 2.17 bits per heavy atom. The Bertz CT molecular complexity index is 630. The highest BCUT2D eigenvalue weighted by molar-refractivity contribution is 5.76. The fourth-order valence-electron chi connectivity index (χ4n) is 1.25. The molecular formula is C13H8FN3O. The van der Waals surface area contributed by atoms with Gasteiger partial charge in [0.2, 0.25) is 0 Å². The number of nitrogens with zero attached hydrogens (tertiary/aromatic N) is 3. The van der Waals surface area contributed by atoms with E-state index in [0.717, 1.165) is 11.8 Å². The summed E-state index contributed by atoms with van der Waals surface area (Å²) in [5.41, 5.74) is 1.06. The molecule has 0 radical (unpaired) electrons. The minimum atomic E-state index is -0.570. The van der Waals surface area contributed by atoms with Crippen LogP contribution in [-0.4, -0.2) is 21.4 Å². The number of rotatable bonds is 1. The Labute approximate surface area is 103 Å². The Balaban J connectivity index is 2.31. The van der Waals surface area contributed by atoms with E-state index in [0.29, 0.717) is 5.69 Å². The highest BCUT2D eigenvalue weighted by Crippen LogP contribution is 2.03. The Morgan fingerprint density at radius 3 is 2.89 bits per heavy atom. The van der Waals surface area contributed by atoms with Crippen LogP contribution in [0.15, 0.2) is 41.8 Å². The van der Waals surface area contributed by atoms with Gasteiger partial charge in [-0.3, -0.25) is 4.98 Å². The average molecular weight is 241 g/mol. The van der Waals surface area contributed by atoms with E-state index in [2.05, 4.69) is 27.0 Å². The molecule has 2 heterocycles. The molecule has 0 aliphatic carbocycles. The molecule has 4 nitrogen and oxygen atoms in total. The molecule has 0 aliphatic rings. The highest BCUT2D eigenvalue weighted by atomic mass is 19.1. The van der Waals surface area contributed by atoms with E-state index in [4.69, 9.17) is 5.21 Å². The molecule has 0 saturated heterocycles. The quantitative estimate of drug-likeness (QED) is 0.358. The van der Waals surface area contributed by atoms with Crippen molar-refractivity contribution in [2.75, 3.05) is 0 Å². The maximum absolute atomic E-state index is 13.2. The first-order valence-electron chi connectivity index (χ1n) is 5.05. The van der Waals surface area contributed by atoms with Crippen molar-refractivity contribution in [3.63, 3.8) is 0 Å². The van der Waals surface area contributed by atoms with Crippen LogP contribution in [0.1, 0.15) is 17.0 Å². The number of hydrogen-bond acceptors (Lipinski definition) is 4. The lowest BCUT2D eigenvalue weighted by molar-refractivity contribution is 0.321. The van der Waals surface area contributed by atoms with Gasteiger partial charge in [0.1, 0.15) is 11.4 Å². The first kappa shape index (κ1) is 11.7. The predicted octanol–water partition coefficient (Wildman–Crippen LogP) is 1.82. The normalized spacial score (nSPS) is 10.1. The Morgan fingerprint density at radius 1 is 1.28 bits per heavy atom. The minimum Gasteiger partial charge on any atom is -0.411 e. The number of hydrogen-bond donors (Lipinski definition) is 1. The maximum atomic E-state index is 13.2. The third-order valence-corrected chi connectivity index (χ3v) is 2.05. The maximum Gasteiger partial charge on any atom is 0.150 e. The summed E-state index contributed by atoms with van der Waals surface area (Å²) in [6.07, 6.45) is 4.19. The van der Waals surface area contributed by atoms with Crippen LogP contribution in [0.3, 0.4) is 0 Å². The summed E-state index contributed by atoms with van der Waals surface area (Å²) in [6.45, 7) is 0. The van der Waals surface area contributed by atoms with Gasteiger partial charge < -0.3 is 5.21 Å². The van der Waals surface area contributed by atoms with E-state index < -0.39 is 5.82 Å². The minimum absolute atomic E-state index is 0.0597.